The van der Waals surface area contributed by atoms with E-state index in [1.54, 1.807) is 0 Å². The summed E-state index contributed by atoms with van der Waals surface area (Å²) in [6.07, 6.45) is 5.43. The third kappa shape index (κ3) is 2.02. The topological polar surface area (TPSA) is 52.6 Å². The summed E-state index contributed by atoms with van der Waals surface area (Å²) >= 11 is 0. The number of carbonyl (C=O) groups excluding carboxylic acids is 2. The molecule has 2 bridgehead atoms. The van der Waals surface area contributed by atoms with Gasteiger partial charge in [-0.15, -0.1) is 0 Å². The number of ketones is 1. The lowest BCUT2D eigenvalue weighted by Crippen LogP contribution is -2.34. The monoisotopic (exact) mass is 264 g/mol. The van der Waals surface area contributed by atoms with E-state index >= 15 is 0 Å². The highest BCUT2D eigenvalue weighted by atomic mass is 16.5. The first kappa shape index (κ1) is 12.9. The van der Waals surface area contributed by atoms with Crippen molar-refractivity contribution in [3.05, 3.63) is 12.7 Å². The van der Waals surface area contributed by atoms with Crippen molar-refractivity contribution in [1.82, 2.24) is 0 Å². The minimum Gasteiger partial charge on any atom is -0.460 e. The summed E-state index contributed by atoms with van der Waals surface area (Å²) in [4.78, 5) is 23.0. The lowest BCUT2D eigenvalue weighted by atomic mass is 9.74. The minimum atomic E-state index is -0.372. The molecule has 4 nitrogen and oxygen atoms in total. The maximum absolute atomic E-state index is 11.8. The van der Waals surface area contributed by atoms with Gasteiger partial charge in [-0.25, -0.2) is 4.79 Å². The van der Waals surface area contributed by atoms with Crippen LogP contribution in [0, 0.1) is 11.8 Å². The molecule has 5 atom stereocenters. The Morgan fingerprint density at radius 1 is 1.68 bits per heavy atom. The zero-order valence-corrected chi connectivity index (χ0v) is 11.3. The summed E-state index contributed by atoms with van der Waals surface area (Å²) in [5.41, 5.74) is -0.172. The van der Waals surface area contributed by atoms with E-state index in [0.29, 0.717) is 18.1 Å². The van der Waals surface area contributed by atoms with Crippen LogP contribution in [0.15, 0.2) is 12.7 Å². The number of fused-ring (bicyclic) bond motifs is 1. The Bertz CT molecular complexity index is 430. The highest BCUT2D eigenvalue weighted by molar-refractivity contribution is 5.85. The van der Waals surface area contributed by atoms with Crippen LogP contribution in [0.5, 0.6) is 0 Å². The molecule has 3 rings (SSSR count). The maximum atomic E-state index is 11.8. The van der Waals surface area contributed by atoms with E-state index < -0.39 is 0 Å². The third-order valence-electron chi connectivity index (χ3n) is 4.92. The average Bonchev–Trinajstić information content (AvgIpc) is 2.98. The zero-order valence-electron chi connectivity index (χ0n) is 11.3. The second-order valence-corrected chi connectivity index (χ2v) is 6.13. The van der Waals surface area contributed by atoms with Gasteiger partial charge in [0.2, 0.25) is 0 Å². The van der Waals surface area contributed by atoms with Crippen LogP contribution in [0.4, 0.5) is 0 Å². The second kappa shape index (κ2) is 4.44. The van der Waals surface area contributed by atoms with E-state index in [-0.39, 0.29) is 29.7 Å². The van der Waals surface area contributed by atoms with Crippen LogP contribution < -0.4 is 0 Å². The normalized spacial score (nSPS) is 41.1. The Morgan fingerprint density at radius 2 is 2.47 bits per heavy atom. The van der Waals surface area contributed by atoms with Gasteiger partial charge < -0.3 is 9.47 Å². The largest absolute Gasteiger partial charge is 0.460 e. The van der Waals surface area contributed by atoms with Crippen molar-refractivity contribution in [2.75, 3.05) is 0 Å². The molecule has 2 saturated heterocycles. The first-order valence-corrected chi connectivity index (χ1v) is 7.07. The molecule has 3 fully saturated rings. The van der Waals surface area contributed by atoms with E-state index in [9.17, 15) is 9.59 Å². The molecule has 1 spiro atoms. The predicted molar refractivity (Wildman–Crippen MR) is 68.4 cm³/mol. The Kier molecular flexibility index (Phi) is 3.01. The smallest absolute Gasteiger partial charge is 0.330 e. The quantitative estimate of drug-likeness (QED) is 0.576. The van der Waals surface area contributed by atoms with Crippen LogP contribution in [0.1, 0.15) is 39.0 Å². The van der Waals surface area contributed by atoms with Gasteiger partial charge in [0.25, 0.3) is 0 Å². The number of ether oxygens (including phenoxy) is 2. The van der Waals surface area contributed by atoms with Crippen LogP contribution in [0.2, 0.25) is 0 Å². The molecular weight excluding hydrogens is 244 g/mol. The Balaban J connectivity index is 1.60. The van der Waals surface area contributed by atoms with Gasteiger partial charge in [-0.05, 0) is 38.5 Å². The van der Waals surface area contributed by atoms with Gasteiger partial charge in [0.05, 0.1) is 17.8 Å². The number of hydrogen-bond donors (Lipinski definition) is 0. The second-order valence-electron chi connectivity index (χ2n) is 6.13. The molecule has 2 heterocycles. The third-order valence-corrected chi connectivity index (χ3v) is 4.92. The van der Waals surface area contributed by atoms with Crippen LogP contribution in [0.3, 0.4) is 0 Å². The standard InChI is InChI=1S/C15H20O4/c1-3-14(17)18-9(2)6-10-8-15-5-4-12(16)11(15)7-13(10)19-15/h3,9-11,13H,1,4-8H2,2H3. The first-order chi connectivity index (χ1) is 9.04. The number of rotatable bonds is 4. The van der Waals surface area contributed by atoms with Crippen LogP contribution in [-0.2, 0) is 19.1 Å². The van der Waals surface area contributed by atoms with Crippen molar-refractivity contribution in [3.8, 4) is 0 Å². The number of carbonyl (C=O) groups is 2. The van der Waals surface area contributed by atoms with Crippen molar-refractivity contribution in [2.45, 2.75) is 56.8 Å². The SMILES string of the molecule is C=CC(=O)OC(C)CC1CC23CCC(=O)C2CC1O3. The molecule has 0 aromatic rings. The molecule has 0 aromatic carbocycles. The molecule has 1 aliphatic carbocycles. The van der Waals surface area contributed by atoms with Crippen LogP contribution in [0.25, 0.3) is 0 Å². The summed E-state index contributed by atoms with van der Waals surface area (Å²) in [7, 11) is 0. The van der Waals surface area contributed by atoms with Crippen molar-refractivity contribution in [2.24, 2.45) is 11.8 Å². The van der Waals surface area contributed by atoms with Gasteiger partial charge in [-0.2, -0.15) is 0 Å². The minimum absolute atomic E-state index is 0.120. The van der Waals surface area contributed by atoms with E-state index in [4.69, 9.17) is 9.47 Å². The molecule has 0 N–H and O–H groups in total. The molecule has 3 aliphatic rings. The van der Waals surface area contributed by atoms with E-state index in [1.165, 1.54) is 6.08 Å². The molecule has 104 valence electrons. The molecule has 0 radical (unpaired) electrons. The van der Waals surface area contributed by atoms with Crippen molar-refractivity contribution in [3.63, 3.8) is 0 Å². The van der Waals surface area contributed by atoms with Gasteiger partial charge in [0.15, 0.2) is 0 Å². The molecule has 5 unspecified atom stereocenters. The van der Waals surface area contributed by atoms with E-state index in [0.717, 1.165) is 25.7 Å². The Labute approximate surface area is 113 Å². The van der Waals surface area contributed by atoms with Gasteiger partial charge in [-0.3, -0.25) is 4.79 Å². The van der Waals surface area contributed by atoms with Gasteiger partial charge in [0.1, 0.15) is 5.78 Å². The van der Waals surface area contributed by atoms with E-state index in [1.807, 2.05) is 6.92 Å². The van der Waals surface area contributed by atoms with Crippen LogP contribution in [-0.4, -0.2) is 29.6 Å². The summed E-state index contributed by atoms with van der Waals surface area (Å²) in [5, 5.41) is 0. The number of hydrogen-bond acceptors (Lipinski definition) is 4. The predicted octanol–water partition coefficient (Wildman–Crippen LogP) is 2.02. The fourth-order valence-corrected chi connectivity index (χ4v) is 4.16. The molecule has 4 heteroatoms. The fourth-order valence-electron chi connectivity index (χ4n) is 4.16. The summed E-state index contributed by atoms with van der Waals surface area (Å²) in [6, 6.07) is 0. The molecule has 0 aromatic heterocycles. The number of Topliss-reactive ketones (excluding diaryl/α,β-unsaturated/α-hetero) is 1. The summed E-state index contributed by atoms with van der Waals surface area (Å²) in [6.45, 7) is 5.30. The summed E-state index contributed by atoms with van der Waals surface area (Å²) in [5.74, 6) is 0.560. The summed E-state index contributed by atoms with van der Waals surface area (Å²) < 4.78 is 11.3. The molecule has 19 heavy (non-hydrogen) atoms. The van der Waals surface area contributed by atoms with Crippen molar-refractivity contribution < 1.29 is 19.1 Å². The van der Waals surface area contributed by atoms with Gasteiger partial charge in [-0.1, -0.05) is 6.58 Å². The van der Waals surface area contributed by atoms with Crippen molar-refractivity contribution >= 4 is 11.8 Å². The zero-order chi connectivity index (χ0) is 13.6. The highest BCUT2D eigenvalue weighted by Crippen LogP contribution is 2.57. The Morgan fingerprint density at radius 3 is 3.21 bits per heavy atom. The molecule has 1 saturated carbocycles. The van der Waals surface area contributed by atoms with Gasteiger partial charge >= 0.3 is 5.97 Å². The van der Waals surface area contributed by atoms with Gasteiger partial charge in [0, 0.05) is 18.4 Å². The first-order valence-electron chi connectivity index (χ1n) is 7.07. The highest BCUT2D eigenvalue weighted by Gasteiger charge is 2.62. The fraction of sp³-hybridized carbons (Fsp3) is 0.733. The van der Waals surface area contributed by atoms with Crippen LogP contribution >= 0.6 is 0 Å². The van der Waals surface area contributed by atoms with E-state index in [2.05, 4.69) is 6.58 Å². The lowest BCUT2D eigenvalue weighted by Gasteiger charge is -2.28. The number of esters is 1. The molecule has 2 aliphatic heterocycles. The molecule has 0 amide bonds. The van der Waals surface area contributed by atoms with Crippen molar-refractivity contribution in [1.29, 1.82) is 0 Å². The average molecular weight is 264 g/mol. The maximum Gasteiger partial charge on any atom is 0.330 e. The lowest BCUT2D eigenvalue weighted by molar-refractivity contribution is -0.143. The molecular formula is C15H20O4. The Hall–Kier alpha value is -1.16.